The Labute approximate surface area is 171 Å². The second-order valence-electron chi connectivity index (χ2n) is 6.97. The van der Waals surface area contributed by atoms with Gasteiger partial charge in [-0.1, -0.05) is 24.3 Å². The summed E-state index contributed by atoms with van der Waals surface area (Å²) in [5.74, 6) is -1.21. The lowest BCUT2D eigenvalue weighted by Gasteiger charge is -2.29. The number of benzene rings is 3. The highest BCUT2D eigenvalue weighted by atomic mass is 19.1. The number of carbonyl (C=O) groups excluding carboxylic acids is 1. The summed E-state index contributed by atoms with van der Waals surface area (Å²) in [5, 5.41) is 12.0. The molecule has 1 heterocycles. The van der Waals surface area contributed by atoms with Crippen molar-refractivity contribution >= 4 is 16.9 Å². The summed E-state index contributed by atoms with van der Waals surface area (Å²) in [6.45, 7) is 2.30. The molecular weight excluding hydrogens is 388 g/mol. The number of carbonyl (C=O) groups is 1. The van der Waals surface area contributed by atoms with Crippen LogP contribution in [-0.2, 0) is 12.1 Å². The Morgan fingerprint density at radius 2 is 1.53 bits per heavy atom. The molecule has 0 fully saturated rings. The van der Waals surface area contributed by atoms with Gasteiger partial charge in [0.1, 0.15) is 11.6 Å². The van der Waals surface area contributed by atoms with Crippen LogP contribution in [0.5, 0.6) is 0 Å². The quantitative estimate of drug-likeness (QED) is 0.529. The van der Waals surface area contributed by atoms with E-state index in [1.807, 2.05) is 6.92 Å². The van der Waals surface area contributed by atoms with Crippen LogP contribution in [0.3, 0.4) is 0 Å². The van der Waals surface area contributed by atoms with Gasteiger partial charge in [0.15, 0.2) is 11.4 Å². The van der Waals surface area contributed by atoms with Crippen LogP contribution in [0.25, 0.3) is 11.0 Å². The normalized spacial score (nSPS) is 11.7. The highest BCUT2D eigenvalue weighted by Crippen LogP contribution is 2.38. The minimum absolute atomic E-state index is 0.264. The van der Waals surface area contributed by atoms with Crippen LogP contribution in [0, 0.1) is 11.6 Å². The Morgan fingerprint density at radius 1 is 1.00 bits per heavy atom. The van der Waals surface area contributed by atoms with E-state index >= 15 is 0 Å². The Morgan fingerprint density at radius 3 is 2.00 bits per heavy atom. The minimum atomic E-state index is -1.79. The molecular formula is C23H19F2N3O2. The number of aryl methyl sites for hydroxylation is 1. The number of aromatic nitrogens is 2. The highest BCUT2D eigenvalue weighted by Gasteiger charge is 2.39. The van der Waals surface area contributed by atoms with Gasteiger partial charge in [0.25, 0.3) is 0 Å². The van der Waals surface area contributed by atoms with Crippen molar-refractivity contribution in [2.75, 3.05) is 0 Å². The maximum atomic E-state index is 13.6. The molecule has 4 aromatic rings. The molecule has 7 heteroatoms. The van der Waals surface area contributed by atoms with Gasteiger partial charge in [-0.3, -0.25) is 4.79 Å². The maximum Gasteiger partial charge on any atom is 0.248 e. The highest BCUT2D eigenvalue weighted by molar-refractivity contribution is 5.96. The van der Waals surface area contributed by atoms with Gasteiger partial charge in [0.2, 0.25) is 5.91 Å². The fourth-order valence-electron chi connectivity index (χ4n) is 3.68. The van der Waals surface area contributed by atoms with Gasteiger partial charge in [-0.2, -0.15) is 0 Å². The van der Waals surface area contributed by atoms with Crippen LogP contribution in [0.2, 0.25) is 0 Å². The molecule has 3 aromatic carbocycles. The largest absolute Gasteiger partial charge is 0.373 e. The van der Waals surface area contributed by atoms with E-state index in [2.05, 4.69) is 4.98 Å². The lowest BCUT2D eigenvalue weighted by Crippen LogP contribution is -2.32. The van der Waals surface area contributed by atoms with Crippen LogP contribution in [0.4, 0.5) is 8.78 Å². The van der Waals surface area contributed by atoms with Crippen LogP contribution < -0.4 is 5.73 Å². The number of hydrogen-bond donors (Lipinski definition) is 2. The van der Waals surface area contributed by atoms with Gasteiger partial charge < -0.3 is 15.4 Å². The standard InChI is InChI=1S/C23H19F2N3O2/c1-2-28-20-13-14(21(26)29)3-12-19(20)27-22(28)23(30,15-4-8-17(24)9-5-15)16-6-10-18(25)11-7-16/h3-13,30H,2H2,1H3,(H2,26,29). The molecule has 5 nitrogen and oxygen atoms in total. The molecule has 0 saturated carbocycles. The predicted molar refractivity (Wildman–Crippen MR) is 109 cm³/mol. The van der Waals surface area contributed by atoms with E-state index in [4.69, 9.17) is 5.73 Å². The Bertz CT molecular complexity index is 1190. The minimum Gasteiger partial charge on any atom is -0.373 e. The Hall–Kier alpha value is -3.58. The number of imidazole rings is 1. The fraction of sp³-hybridized carbons (Fsp3) is 0.130. The number of primary amides is 1. The van der Waals surface area contributed by atoms with E-state index in [1.54, 1.807) is 22.8 Å². The van der Waals surface area contributed by atoms with Gasteiger partial charge in [-0.15, -0.1) is 0 Å². The number of halogens is 2. The number of nitrogens with two attached hydrogens (primary N) is 1. The van der Waals surface area contributed by atoms with Crippen LogP contribution in [0.15, 0.2) is 66.7 Å². The molecule has 4 rings (SSSR count). The first-order valence-corrected chi connectivity index (χ1v) is 9.39. The van der Waals surface area contributed by atoms with Crippen molar-refractivity contribution in [1.29, 1.82) is 0 Å². The van der Waals surface area contributed by atoms with Crippen molar-refractivity contribution in [2.24, 2.45) is 5.73 Å². The first-order chi connectivity index (χ1) is 14.3. The summed E-state index contributed by atoms with van der Waals surface area (Å²) in [6.07, 6.45) is 0. The SMILES string of the molecule is CCn1c(C(O)(c2ccc(F)cc2)c2ccc(F)cc2)nc2ccc(C(N)=O)cc21. The smallest absolute Gasteiger partial charge is 0.248 e. The number of rotatable bonds is 5. The van der Waals surface area contributed by atoms with Crippen LogP contribution in [-0.4, -0.2) is 20.6 Å². The van der Waals surface area contributed by atoms with E-state index in [0.717, 1.165) is 0 Å². The molecule has 30 heavy (non-hydrogen) atoms. The molecule has 0 aliphatic carbocycles. The van der Waals surface area contributed by atoms with Crippen molar-refractivity contribution in [3.05, 3.63) is 101 Å². The summed E-state index contributed by atoms with van der Waals surface area (Å²) >= 11 is 0. The zero-order valence-electron chi connectivity index (χ0n) is 16.1. The molecule has 0 bridgehead atoms. The molecule has 0 saturated heterocycles. The van der Waals surface area contributed by atoms with Gasteiger partial charge in [-0.05, 0) is 60.5 Å². The topological polar surface area (TPSA) is 81.1 Å². The third-order valence-electron chi connectivity index (χ3n) is 5.20. The molecule has 0 unspecified atom stereocenters. The average Bonchev–Trinajstić information content (AvgIpc) is 3.12. The zero-order chi connectivity index (χ0) is 21.5. The van der Waals surface area contributed by atoms with Crippen molar-refractivity contribution in [3.63, 3.8) is 0 Å². The van der Waals surface area contributed by atoms with Gasteiger partial charge in [0, 0.05) is 12.1 Å². The fourth-order valence-corrected chi connectivity index (χ4v) is 3.68. The number of aliphatic hydroxyl groups is 1. The number of fused-ring (bicyclic) bond motifs is 1. The lowest BCUT2D eigenvalue weighted by molar-refractivity contribution is 0.100. The molecule has 3 N–H and O–H groups in total. The van der Waals surface area contributed by atoms with E-state index in [-0.39, 0.29) is 5.82 Å². The van der Waals surface area contributed by atoms with Crippen molar-refractivity contribution in [2.45, 2.75) is 19.1 Å². The predicted octanol–water partition coefficient (Wildman–Crippen LogP) is 3.72. The molecule has 0 aliphatic heterocycles. The molecule has 0 spiro atoms. The molecule has 0 radical (unpaired) electrons. The summed E-state index contributed by atoms with van der Waals surface area (Å²) in [5.41, 5.74) is 5.85. The lowest BCUT2D eigenvalue weighted by atomic mass is 9.85. The van der Waals surface area contributed by atoms with Gasteiger partial charge >= 0.3 is 0 Å². The summed E-state index contributed by atoms with van der Waals surface area (Å²) in [6, 6.07) is 15.7. The molecule has 0 aliphatic rings. The van der Waals surface area contributed by atoms with E-state index in [0.29, 0.717) is 34.3 Å². The zero-order valence-corrected chi connectivity index (χ0v) is 16.1. The monoisotopic (exact) mass is 407 g/mol. The number of hydrogen-bond acceptors (Lipinski definition) is 3. The Kier molecular flexibility index (Phi) is 4.83. The summed E-state index contributed by atoms with van der Waals surface area (Å²) in [4.78, 5) is 16.3. The van der Waals surface area contributed by atoms with Crippen molar-refractivity contribution in [3.8, 4) is 0 Å². The number of amides is 1. The first-order valence-electron chi connectivity index (χ1n) is 9.39. The molecule has 152 valence electrons. The third-order valence-corrected chi connectivity index (χ3v) is 5.20. The number of nitrogens with zero attached hydrogens (tertiary/aromatic N) is 2. The summed E-state index contributed by atoms with van der Waals surface area (Å²) < 4.78 is 28.9. The average molecular weight is 407 g/mol. The van der Waals surface area contributed by atoms with Gasteiger partial charge in [-0.25, -0.2) is 13.8 Å². The molecule has 1 aromatic heterocycles. The molecule has 0 atom stereocenters. The van der Waals surface area contributed by atoms with E-state index < -0.39 is 23.1 Å². The van der Waals surface area contributed by atoms with Crippen LogP contribution >= 0.6 is 0 Å². The third kappa shape index (κ3) is 3.13. The maximum absolute atomic E-state index is 13.6. The van der Waals surface area contributed by atoms with E-state index in [1.165, 1.54) is 48.5 Å². The van der Waals surface area contributed by atoms with Crippen LogP contribution in [0.1, 0.15) is 34.2 Å². The Balaban J connectivity index is 2.04. The van der Waals surface area contributed by atoms with Crippen molar-refractivity contribution < 1.29 is 18.7 Å². The van der Waals surface area contributed by atoms with Crippen molar-refractivity contribution in [1.82, 2.24) is 9.55 Å². The first kappa shape index (κ1) is 19.7. The summed E-state index contributed by atoms with van der Waals surface area (Å²) in [7, 11) is 0. The van der Waals surface area contributed by atoms with Gasteiger partial charge in [0.05, 0.1) is 11.0 Å². The second-order valence-corrected chi connectivity index (χ2v) is 6.97. The molecule has 1 amide bonds. The van der Waals surface area contributed by atoms with E-state index in [9.17, 15) is 18.7 Å². The second kappa shape index (κ2) is 7.35.